The molecule has 3 aliphatic heterocycles. The maximum atomic E-state index is 12.9. The second-order valence-corrected chi connectivity index (χ2v) is 8.05. The van der Waals surface area contributed by atoms with Crippen LogP contribution in [0.5, 0.6) is 0 Å². The molecular weight excluding hydrogens is 382 g/mol. The molecule has 30 heavy (non-hydrogen) atoms. The first-order chi connectivity index (χ1) is 14.5. The molecule has 8 heteroatoms. The minimum atomic E-state index is -0.515. The number of anilines is 3. The highest BCUT2D eigenvalue weighted by Crippen LogP contribution is 2.50. The minimum absolute atomic E-state index is 0.0807. The zero-order chi connectivity index (χ0) is 21.0. The molecule has 2 unspecified atom stereocenters. The molecule has 156 valence electrons. The number of carbonyl (C=O) groups is 2. The fourth-order valence-corrected chi connectivity index (χ4v) is 4.43. The van der Waals surface area contributed by atoms with Crippen LogP contribution in [-0.2, 0) is 11.3 Å². The van der Waals surface area contributed by atoms with Crippen molar-refractivity contribution in [2.45, 2.75) is 32.0 Å². The zero-order valence-corrected chi connectivity index (χ0v) is 17.1. The molecule has 0 bridgehead atoms. The average Bonchev–Trinajstić information content (AvgIpc) is 3.52. The minimum Gasteiger partial charge on any atom is -0.376 e. The molecule has 0 radical (unpaired) electrons. The number of primary amides is 1. The fourth-order valence-electron chi connectivity index (χ4n) is 4.43. The molecule has 3 heterocycles. The third-order valence-corrected chi connectivity index (χ3v) is 6.22. The van der Waals surface area contributed by atoms with Crippen LogP contribution in [0.2, 0.25) is 0 Å². The van der Waals surface area contributed by atoms with Crippen molar-refractivity contribution in [2.24, 2.45) is 5.73 Å². The molecule has 2 aromatic carbocycles. The van der Waals surface area contributed by atoms with Gasteiger partial charge < -0.3 is 20.8 Å². The first kappa shape index (κ1) is 18.7. The number of fused-ring (bicyclic) bond motifs is 3. The van der Waals surface area contributed by atoms with Gasteiger partial charge in [-0.05, 0) is 37.0 Å². The molecule has 2 aromatic rings. The maximum absolute atomic E-state index is 12.9. The standard InChI is InChI=1S/C22H25N5O3/c1-13-25(2)18-12-16(21(28)30-26-10-11-26)15-8-9-17(14-6-4-3-5-7-14)24-19(15)20(18)27(13)22(23)29/h3-7,12-13,17,24H,8-11H2,1-2H3,(H2,23,29). The Kier molecular flexibility index (Phi) is 4.32. The number of amides is 2. The Hall–Kier alpha value is -3.26. The molecule has 2 atom stereocenters. The lowest BCUT2D eigenvalue weighted by Gasteiger charge is -2.32. The molecular formula is C22H25N5O3. The molecule has 2 amide bonds. The normalized spacial score (nSPS) is 22.2. The molecule has 8 nitrogen and oxygen atoms in total. The topological polar surface area (TPSA) is 90.9 Å². The van der Waals surface area contributed by atoms with Gasteiger partial charge in [0, 0.05) is 7.05 Å². The van der Waals surface area contributed by atoms with Crippen molar-refractivity contribution in [3.05, 3.63) is 53.1 Å². The number of nitrogens with two attached hydrogens (primary N) is 1. The van der Waals surface area contributed by atoms with E-state index in [4.69, 9.17) is 10.6 Å². The quantitative estimate of drug-likeness (QED) is 0.761. The van der Waals surface area contributed by atoms with Gasteiger partial charge in [0.05, 0.1) is 41.8 Å². The molecule has 1 fully saturated rings. The number of nitrogens with zero attached hydrogens (tertiary/aromatic N) is 3. The zero-order valence-electron chi connectivity index (χ0n) is 17.1. The summed E-state index contributed by atoms with van der Waals surface area (Å²) in [6.07, 6.45) is 1.28. The summed E-state index contributed by atoms with van der Waals surface area (Å²) in [7, 11) is 1.90. The first-order valence-electron chi connectivity index (χ1n) is 10.3. The lowest BCUT2D eigenvalue weighted by molar-refractivity contribution is -0.0284. The second kappa shape index (κ2) is 6.91. The maximum Gasteiger partial charge on any atom is 0.357 e. The summed E-state index contributed by atoms with van der Waals surface area (Å²) in [4.78, 5) is 34.2. The SMILES string of the molecule is CC1N(C)c2cc(C(=O)ON3CC3)c3c(c2N1C(N)=O)NC(c1ccccc1)CC3. The van der Waals surface area contributed by atoms with Crippen LogP contribution in [0.3, 0.4) is 0 Å². The number of urea groups is 1. The predicted molar refractivity (Wildman–Crippen MR) is 114 cm³/mol. The van der Waals surface area contributed by atoms with Crippen molar-refractivity contribution in [2.75, 3.05) is 35.3 Å². The molecule has 3 aliphatic rings. The summed E-state index contributed by atoms with van der Waals surface area (Å²) < 4.78 is 0. The van der Waals surface area contributed by atoms with Gasteiger partial charge in [-0.1, -0.05) is 30.3 Å². The lowest BCUT2D eigenvalue weighted by atomic mass is 9.89. The average molecular weight is 407 g/mol. The van der Waals surface area contributed by atoms with Crippen LogP contribution < -0.4 is 20.9 Å². The van der Waals surface area contributed by atoms with Crippen LogP contribution >= 0.6 is 0 Å². The number of hydrogen-bond donors (Lipinski definition) is 2. The van der Waals surface area contributed by atoms with Crippen molar-refractivity contribution in [1.82, 2.24) is 5.06 Å². The number of carbonyl (C=O) groups excluding carboxylic acids is 2. The van der Waals surface area contributed by atoms with Crippen LogP contribution in [0, 0.1) is 0 Å². The van der Waals surface area contributed by atoms with E-state index in [1.165, 1.54) is 5.56 Å². The van der Waals surface area contributed by atoms with Crippen molar-refractivity contribution in [3.63, 3.8) is 0 Å². The summed E-state index contributed by atoms with van der Waals surface area (Å²) in [6, 6.07) is 11.6. The summed E-state index contributed by atoms with van der Waals surface area (Å²) >= 11 is 0. The Morgan fingerprint density at radius 1 is 1.20 bits per heavy atom. The summed E-state index contributed by atoms with van der Waals surface area (Å²) in [5.41, 5.74) is 10.6. The number of benzene rings is 2. The van der Waals surface area contributed by atoms with E-state index < -0.39 is 6.03 Å². The number of hydrogen-bond acceptors (Lipinski definition) is 6. The van der Waals surface area contributed by atoms with Crippen molar-refractivity contribution in [3.8, 4) is 0 Å². The molecule has 5 rings (SSSR count). The van der Waals surface area contributed by atoms with Gasteiger partial charge in [0.2, 0.25) is 0 Å². The molecule has 0 aliphatic carbocycles. The van der Waals surface area contributed by atoms with E-state index in [1.54, 1.807) is 9.96 Å². The smallest absolute Gasteiger partial charge is 0.357 e. The van der Waals surface area contributed by atoms with Crippen LogP contribution in [-0.4, -0.2) is 43.4 Å². The summed E-state index contributed by atoms with van der Waals surface area (Å²) in [5, 5.41) is 5.24. The van der Waals surface area contributed by atoms with E-state index in [-0.39, 0.29) is 18.2 Å². The molecule has 0 saturated carbocycles. The van der Waals surface area contributed by atoms with Crippen molar-refractivity contribution in [1.29, 1.82) is 0 Å². The predicted octanol–water partition coefficient (Wildman–Crippen LogP) is 2.85. The number of nitrogens with one attached hydrogen (secondary N) is 1. The highest BCUT2D eigenvalue weighted by Gasteiger charge is 2.40. The van der Waals surface area contributed by atoms with E-state index in [1.807, 2.05) is 43.1 Å². The molecule has 3 N–H and O–H groups in total. The monoisotopic (exact) mass is 407 g/mol. The van der Waals surface area contributed by atoms with Gasteiger partial charge in [-0.3, -0.25) is 4.90 Å². The Morgan fingerprint density at radius 2 is 1.93 bits per heavy atom. The van der Waals surface area contributed by atoms with Gasteiger partial charge in [-0.25, -0.2) is 9.59 Å². The third kappa shape index (κ3) is 2.95. The van der Waals surface area contributed by atoms with Gasteiger partial charge in [-0.2, -0.15) is 0 Å². The molecule has 1 saturated heterocycles. The van der Waals surface area contributed by atoms with E-state index in [0.717, 1.165) is 42.1 Å². The van der Waals surface area contributed by atoms with Crippen LogP contribution in [0.4, 0.5) is 21.9 Å². The van der Waals surface area contributed by atoms with E-state index >= 15 is 0 Å². The Labute approximate surface area is 175 Å². The highest BCUT2D eigenvalue weighted by atomic mass is 16.7. The molecule has 0 aromatic heterocycles. The van der Waals surface area contributed by atoms with E-state index in [0.29, 0.717) is 12.0 Å². The van der Waals surface area contributed by atoms with Crippen LogP contribution in [0.1, 0.15) is 40.9 Å². The van der Waals surface area contributed by atoms with Gasteiger partial charge in [0.1, 0.15) is 6.17 Å². The van der Waals surface area contributed by atoms with Gasteiger partial charge in [0.15, 0.2) is 0 Å². The fraction of sp³-hybridized carbons (Fsp3) is 0.364. The first-order valence-corrected chi connectivity index (χ1v) is 10.3. The third-order valence-electron chi connectivity index (χ3n) is 6.22. The number of hydroxylamine groups is 2. The number of rotatable bonds is 3. The van der Waals surface area contributed by atoms with Crippen molar-refractivity contribution < 1.29 is 14.4 Å². The van der Waals surface area contributed by atoms with E-state index in [9.17, 15) is 9.59 Å². The Morgan fingerprint density at radius 3 is 2.60 bits per heavy atom. The summed E-state index contributed by atoms with van der Waals surface area (Å²) in [5.74, 6) is -0.356. The summed E-state index contributed by atoms with van der Waals surface area (Å²) in [6.45, 7) is 3.45. The lowest BCUT2D eigenvalue weighted by Crippen LogP contribution is -2.45. The van der Waals surface area contributed by atoms with Crippen LogP contribution in [0.25, 0.3) is 0 Å². The van der Waals surface area contributed by atoms with Gasteiger partial charge >= 0.3 is 12.0 Å². The second-order valence-electron chi connectivity index (χ2n) is 8.05. The van der Waals surface area contributed by atoms with Gasteiger partial charge in [-0.15, -0.1) is 5.06 Å². The van der Waals surface area contributed by atoms with Crippen LogP contribution in [0.15, 0.2) is 36.4 Å². The van der Waals surface area contributed by atoms with E-state index in [2.05, 4.69) is 17.4 Å². The molecule has 0 spiro atoms. The largest absolute Gasteiger partial charge is 0.376 e. The highest BCUT2D eigenvalue weighted by molar-refractivity contribution is 6.08. The Balaban J connectivity index is 1.64. The van der Waals surface area contributed by atoms with Gasteiger partial charge in [0.25, 0.3) is 0 Å². The van der Waals surface area contributed by atoms with Crippen molar-refractivity contribution >= 4 is 29.1 Å². The Bertz CT molecular complexity index is 1020.